The number of nitrogens with two attached hydrogens (primary N) is 1. The third kappa shape index (κ3) is 2.61. The molecule has 19 heavy (non-hydrogen) atoms. The van der Waals surface area contributed by atoms with Gasteiger partial charge in [-0.3, -0.25) is 15.5 Å². The van der Waals surface area contributed by atoms with E-state index in [0.717, 1.165) is 11.8 Å². The van der Waals surface area contributed by atoms with Gasteiger partial charge in [-0.2, -0.15) is 4.98 Å². The molecular weight excluding hydrogens is 272 g/mol. The van der Waals surface area contributed by atoms with E-state index in [4.69, 9.17) is 5.84 Å². The number of nitrogen functional groups attached to an aromatic ring is 1. The van der Waals surface area contributed by atoms with Crippen LogP contribution in [0.1, 0.15) is 5.69 Å². The molecule has 100 valence electrons. The Balaban J connectivity index is 2.50. The molecule has 0 aliphatic carbocycles. The van der Waals surface area contributed by atoms with E-state index in [0.29, 0.717) is 5.16 Å². The Morgan fingerprint density at radius 1 is 1.53 bits per heavy atom. The molecule has 11 heteroatoms. The van der Waals surface area contributed by atoms with Gasteiger partial charge in [-0.05, 0) is 18.7 Å². The van der Waals surface area contributed by atoms with Gasteiger partial charge in [0.25, 0.3) is 0 Å². The zero-order chi connectivity index (χ0) is 14.0. The van der Waals surface area contributed by atoms with Crippen molar-refractivity contribution < 1.29 is 4.92 Å². The Kier molecular flexibility index (Phi) is 3.57. The summed E-state index contributed by atoms with van der Waals surface area (Å²) in [7, 11) is 1.73. The van der Waals surface area contributed by atoms with E-state index in [1.165, 1.54) is 13.3 Å². The van der Waals surface area contributed by atoms with Crippen LogP contribution >= 0.6 is 11.8 Å². The molecule has 0 fully saturated rings. The number of aromatic nitrogens is 5. The van der Waals surface area contributed by atoms with Crippen LogP contribution in [0.5, 0.6) is 0 Å². The Hall–Kier alpha value is -2.27. The van der Waals surface area contributed by atoms with Crippen molar-refractivity contribution in [2.24, 2.45) is 12.9 Å². The highest BCUT2D eigenvalue weighted by Gasteiger charge is 2.24. The second-order valence-electron chi connectivity index (χ2n) is 3.51. The van der Waals surface area contributed by atoms with Gasteiger partial charge in [0.1, 0.15) is 12.0 Å². The Labute approximate surface area is 111 Å². The number of aryl methyl sites for hydroxylation is 2. The summed E-state index contributed by atoms with van der Waals surface area (Å²) in [5.41, 5.74) is 2.31. The fourth-order valence-electron chi connectivity index (χ4n) is 1.34. The van der Waals surface area contributed by atoms with Crippen LogP contribution in [-0.2, 0) is 7.05 Å². The van der Waals surface area contributed by atoms with Crippen molar-refractivity contribution in [2.45, 2.75) is 17.1 Å². The summed E-state index contributed by atoms with van der Waals surface area (Å²) in [4.78, 5) is 18.4. The minimum Gasteiger partial charge on any atom is -0.311 e. The van der Waals surface area contributed by atoms with Gasteiger partial charge < -0.3 is 4.57 Å². The quantitative estimate of drug-likeness (QED) is 0.350. The van der Waals surface area contributed by atoms with Gasteiger partial charge >= 0.3 is 5.69 Å². The molecule has 0 aromatic carbocycles. The first kappa shape index (κ1) is 13.2. The van der Waals surface area contributed by atoms with E-state index < -0.39 is 4.92 Å². The molecule has 0 spiro atoms. The van der Waals surface area contributed by atoms with Gasteiger partial charge in [0, 0.05) is 7.05 Å². The largest absolute Gasteiger partial charge is 0.322 e. The number of hydrogen-bond acceptors (Lipinski definition) is 9. The topological polar surface area (TPSA) is 138 Å². The van der Waals surface area contributed by atoms with Crippen LogP contribution in [0.15, 0.2) is 16.5 Å². The molecule has 10 nitrogen and oxygen atoms in total. The zero-order valence-corrected chi connectivity index (χ0v) is 10.9. The number of nitrogens with one attached hydrogen (secondary N) is 1. The van der Waals surface area contributed by atoms with E-state index in [9.17, 15) is 10.1 Å². The van der Waals surface area contributed by atoms with Crippen LogP contribution in [0.4, 0.5) is 11.6 Å². The molecule has 0 aliphatic heterocycles. The highest BCUT2D eigenvalue weighted by Crippen LogP contribution is 2.33. The minimum absolute atomic E-state index is 0.104. The van der Waals surface area contributed by atoms with Crippen molar-refractivity contribution in [3.05, 3.63) is 22.1 Å². The fraction of sp³-hybridized carbons (Fsp3) is 0.250. The summed E-state index contributed by atoms with van der Waals surface area (Å²) in [6.45, 7) is 1.52. The van der Waals surface area contributed by atoms with Crippen LogP contribution in [0.3, 0.4) is 0 Å². The lowest BCUT2D eigenvalue weighted by Gasteiger charge is -2.06. The van der Waals surface area contributed by atoms with Gasteiger partial charge in [-0.15, -0.1) is 10.2 Å². The monoisotopic (exact) mass is 282 g/mol. The van der Waals surface area contributed by atoms with Gasteiger partial charge in [0.15, 0.2) is 10.2 Å². The molecule has 0 aliphatic rings. The SMILES string of the molecule is Cc1nc(NN)nc(Sc2nncn2C)c1[N+](=O)[O-]. The number of nitrogens with zero attached hydrogens (tertiary/aromatic N) is 6. The lowest BCUT2D eigenvalue weighted by Crippen LogP contribution is -2.12. The average Bonchev–Trinajstić information content (AvgIpc) is 2.73. The molecule has 2 aromatic heterocycles. The average molecular weight is 282 g/mol. The van der Waals surface area contributed by atoms with Crippen LogP contribution in [-0.4, -0.2) is 29.7 Å². The molecule has 0 bridgehead atoms. The van der Waals surface area contributed by atoms with Crippen LogP contribution in [0.25, 0.3) is 0 Å². The standard InChI is InChI=1S/C8H10N8O2S/c1-4-5(16(17)18)6(12-7(11-4)13-9)19-8-14-10-3-15(8)2/h3H,9H2,1-2H3,(H,11,12,13). The van der Waals surface area contributed by atoms with Crippen LogP contribution in [0, 0.1) is 17.0 Å². The second-order valence-corrected chi connectivity index (χ2v) is 4.47. The lowest BCUT2D eigenvalue weighted by atomic mass is 10.4. The molecule has 0 saturated carbocycles. The van der Waals surface area contributed by atoms with Gasteiger partial charge in [-0.25, -0.2) is 10.8 Å². The minimum atomic E-state index is -0.533. The van der Waals surface area contributed by atoms with Gasteiger partial charge in [0.05, 0.1) is 4.92 Å². The van der Waals surface area contributed by atoms with Crippen molar-refractivity contribution in [3.63, 3.8) is 0 Å². The summed E-state index contributed by atoms with van der Waals surface area (Å²) in [6, 6.07) is 0. The number of nitro groups is 1. The molecule has 2 heterocycles. The maximum absolute atomic E-state index is 11.1. The summed E-state index contributed by atoms with van der Waals surface area (Å²) in [5, 5.41) is 19.2. The van der Waals surface area contributed by atoms with Crippen molar-refractivity contribution in [1.29, 1.82) is 0 Å². The highest BCUT2D eigenvalue weighted by molar-refractivity contribution is 7.99. The van der Waals surface area contributed by atoms with E-state index in [1.807, 2.05) is 0 Å². The Bertz CT molecular complexity index is 627. The predicted octanol–water partition coefficient (Wildman–Crippen LogP) is 0.259. The molecule has 0 saturated heterocycles. The first-order valence-electron chi connectivity index (χ1n) is 5.04. The number of anilines is 1. The lowest BCUT2D eigenvalue weighted by molar-refractivity contribution is -0.389. The van der Waals surface area contributed by atoms with E-state index in [-0.39, 0.29) is 22.4 Å². The van der Waals surface area contributed by atoms with E-state index in [1.54, 1.807) is 11.6 Å². The normalized spacial score (nSPS) is 10.5. The molecule has 2 aromatic rings. The summed E-state index contributed by atoms with van der Waals surface area (Å²) in [5.74, 6) is 5.33. The molecule has 0 amide bonds. The van der Waals surface area contributed by atoms with E-state index >= 15 is 0 Å². The predicted molar refractivity (Wildman–Crippen MR) is 66.4 cm³/mol. The zero-order valence-electron chi connectivity index (χ0n) is 10.1. The first-order valence-corrected chi connectivity index (χ1v) is 5.86. The molecule has 0 unspecified atom stereocenters. The smallest absolute Gasteiger partial charge is 0.311 e. The Morgan fingerprint density at radius 2 is 2.26 bits per heavy atom. The summed E-state index contributed by atoms with van der Waals surface area (Å²) in [6.07, 6.45) is 1.49. The van der Waals surface area contributed by atoms with Gasteiger partial charge in [-0.1, -0.05) is 0 Å². The maximum Gasteiger partial charge on any atom is 0.322 e. The summed E-state index contributed by atoms with van der Waals surface area (Å²) >= 11 is 1.02. The van der Waals surface area contributed by atoms with Crippen molar-refractivity contribution in [2.75, 3.05) is 5.43 Å². The highest BCUT2D eigenvalue weighted by atomic mass is 32.2. The molecule has 0 atom stereocenters. The van der Waals surface area contributed by atoms with Crippen molar-refractivity contribution in [3.8, 4) is 0 Å². The Morgan fingerprint density at radius 3 is 2.79 bits per heavy atom. The number of hydrogen-bond donors (Lipinski definition) is 2. The second kappa shape index (κ2) is 5.16. The van der Waals surface area contributed by atoms with Crippen LogP contribution < -0.4 is 11.3 Å². The third-order valence-corrected chi connectivity index (χ3v) is 3.23. The van der Waals surface area contributed by atoms with Crippen molar-refractivity contribution in [1.82, 2.24) is 24.7 Å². The number of hydrazine groups is 1. The molecule has 2 rings (SSSR count). The summed E-state index contributed by atoms with van der Waals surface area (Å²) < 4.78 is 1.63. The first-order chi connectivity index (χ1) is 9.02. The van der Waals surface area contributed by atoms with Crippen molar-refractivity contribution >= 4 is 23.4 Å². The van der Waals surface area contributed by atoms with E-state index in [2.05, 4.69) is 25.6 Å². The molecular formula is C8H10N8O2S. The van der Waals surface area contributed by atoms with Gasteiger partial charge in [0.2, 0.25) is 5.95 Å². The van der Waals surface area contributed by atoms with Crippen LogP contribution in [0.2, 0.25) is 0 Å². The molecule has 0 radical (unpaired) electrons. The fourth-order valence-corrected chi connectivity index (χ4v) is 2.24. The third-order valence-electron chi connectivity index (χ3n) is 2.20. The molecule has 3 N–H and O–H groups in total. The maximum atomic E-state index is 11.1. The number of rotatable bonds is 4.